The molecule has 0 aromatic carbocycles. The molecule has 1 aromatic heterocycles. The fourth-order valence-electron chi connectivity index (χ4n) is 2.14. The number of nitrogens with one attached hydrogen (secondary N) is 1. The van der Waals surface area contributed by atoms with Crippen LogP contribution in [0.25, 0.3) is 0 Å². The third-order valence-electron chi connectivity index (χ3n) is 2.97. The van der Waals surface area contributed by atoms with Crippen molar-refractivity contribution < 1.29 is 5.11 Å². The zero-order chi connectivity index (χ0) is 13.7. The Bertz CT molecular complexity index is 413. The lowest BCUT2D eigenvalue weighted by Gasteiger charge is -2.20. The van der Waals surface area contributed by atoms with Gasteiger partial charge in [-0.05, 0) is 26.2 Å². The minimum absolute atomic E-state index is 0.0535. The fourth-order valence-corrected chi connectivity index (χ4v) is 2.14. The minimum Gasteiger partial charge on any atom is -0.396 e. The van der Waals surface area contributed by atoms with Gasteiger partial charge < -0.3 is 15.7 Å². The molecular formula is C12H23N5O. The molecule has 0 aliphatic rings. The van der Waals surface area contributed by atoms with Crippen LogP contribution in [0.2, 0.25) is 0 Å². The van der Waals surface area contributed by atoms with Crippen LogP contribution in [0.3, 0.4) is 0 Å². The number of rotatable bonds is 7. The first kappa shape index (κ1) is 14.5. The van der Waals surface area contributed by atoms with Gasteiger partial charge in [-0.2, -0.15) is 5.10 Å². The number of anilines is 1. The lowest BCUT2D eigenvalue weighted by atomic mass is 10.2. The number of aliphatic hydroxyl groups is 1. The Balaban J connectivity index is 2.78. The summed E-state index contributed by atoms with van der Waals surface area (Å²) in [5.41, 5.74) is 7.10. The Labute approximate surface area is 108 Å². The van der Waals surface area contributed by atoms with E-state index in [1.54, 1.807) is 4.68 Å². The molecule has 0 spiro atoms. The maximum absolute atomic E-state index is 8.74. The minimum atomic E-state index is 0.0535. The first-order valence-electron chi connectivity index (χ1n) is 6.19. The third-order valence-corrected chi connectivity index (χ3v) is 2.97. The molecule has 0 aliphatic carbocycles. The summed E-state index contributed by atoms with van der Waals surface area (Å²) < 4.78 is 1.76. The molecule has 0 bridgehead atoms. The highest BCUT2D eigenvalue weighted by molar-refractivity contribution is 6.00. The monoisotopic (exact) mass is 253 g/mol. The van der Waals surface area contributed by atoms with Gasteiger partial charge >= 0.3 is 0 Å². The zero-order valence-electron chi connectivity index (χ0n) is 11.4. The van der Waals surface area contributed by atoms with E-state index in [1.165, 1.54) is 0 Å². The summed E-state index contributed by atoms with van der Waals surface area (Å²) in [7, 11) is 3.83. The highest BCUT2D eigenvalue weighted by atomic mass is 16.2. The van der Waals surface area contributed by atoms with Gasteiger partial charge in [-0.15, -0.1) is 0 Å². The molecule has 4 N–H and O–H groups in total. The second-order valence-electron chi connectivity index (χ2n) is 4.53. The van der Waals surface area contributed by atoms with E-state index in [0.29, 0.717) is 5.56 Å². The Morgan fingerprint density at radius 2 is 2.11 bits per heavy atom. The van der Waals surface area contributed by atoms with Gasteiger partial charge in [0.05, 0.1) is 11.3 Å². The van der Waals surface area contributed by atoms with Gasteiger partial charge in [0.25, 0.3) is 0 Å². The van der Waals surface area contributed by atoms with E-state index >= 15 is 0 Å². The molecule has 0 aliphatic heterocycles. The summed E-state index contributed by atoms with van der Waals surface area (Å²) in [5.74, 6) is 0.932. The summed E-state index contributed by atoms with van der Waals surface area (Å²) in [6.07, 6.45) is 2.82. The van der Waals surface area contributed by atoms with Crippen LogP contribution in [0, 0.1) is 12.3 Å². The number of amidine groups is 1. The highest BCUT2D eigenvalue weighted by Crippen LogP contribution is 2.21. The zero-order valence-corrected chi connectivity index (χ0v) is 11.4. The van der Waals surface area contributed by atoms with Gasteiger partial charge in [-0.1, -0.05) is 0 Å². The van der Waals surface area contributed by atoms with Crippen molar-refractivity contribution in [1.82, 2.24) is 9.78 Å². The van der Waals surface area contributed by atoms with E-state index in [4.69, 9.17) is 16.2 Å². The number of aromatic nitrogens is 2. The average Bonchev–Trinajstić information content (AvgIpc) is 2.59. The molecule has 102 valence electrons. The fraction of sp³-hybridized carbons (Fsp3) is 0.667. The van der Waals surface area contributed by atoms with Crippen LogP contribution in [0.4, 0.5) is 5.82 Å². The van der Waals surface area contributed by atoms with Crippen molar-refractivity contribution in [1.29, 1.82) is 5.41 Å². The van der Waals surface area contributed by atoms with E-state index in [1.807, 2.05) is 21.0 Å². The molecule has 6 heteroatoms. The number of nitrogen functional groups attached to an aromatic ring is 1. The maximum Gasteiger partial charge on any atom is 0.137 e. The van der Waals surface area contributed by atoms with E-state index in [9.17, 15) is 0 Å². The van der Waals surface area contributed by atoms with E-state index < -0.39 is 0 Å². The first-order valence-corrected chi connectivity index (χ1v) is 6.19. The van der Waals surface area contributed by atoms with Crippen molar-refractivity contribution in [3.8, 4) is 0 Å². The number of hydrogen-bond donors (Lipinski definition) is 3. The SMILES string of the molecule is Cc1nn(C)c(N(C)CCCCCO)c1C(=N)N. The molecule has 1 heterocycles. The van der Waals surface area contributed by atoms with E-state index in [-0.39, 0.29) is 12.4 Å². The summed E-state index contributed by atoms with van der Waals surface area (Å²) in [5, 5.41) is 20.7. The van der Waals surface area contributed by atoms with Crippen LogP contribution in [0.1, 0.15) is 30.5 Å². The summed E-state index contributed by atoms with van der Waals surface area (Å²) in [6.45, 7) is 2.96. The van der Waals surface area contributed by atoms with Crippen molar-refractivity contribution in [3.05, 3.63) is 11.3 Å². The molecule has 1 rings (SSSR count). The largest absolute Gasteiger partial charge is 0.396 e. The molecule has 6 nitrogen and oxygen atoms in total. The normalized spacial score (nSPS) is 10.7. The summed E-state index contributed by atoms with van der Waals surface area (Å²) in [6, 6.07) is 0. The molecule has 0 atom stereocenters. The molecule has 0 unspecified atom stereocenters. The van der Waals surface area contributed by atoms with Crippen molar-refractivity contribution in [2.75, 3.05) is 25.1 Å². The van der Waals surface area contributed by atoms with Gasteiger partial charge in [0.15, 0.2) is 0 Å². The van der Waals surface area contributed by atoms with Crippen LogP contribution < -0.4 is 10.6 Å². The predicted molar refractivity (Wildman–Crippen MR) is 73.2 cm³/mol. The van der Waals surface area contributed by atoms with E-state index in [0.717, 1.165) is 37.3 Å². The highest BCUT2D eigenvalue weighted by Gasteiger charge is 2.18. The lowest BCUT2D eigenvalue weighted by molar-refractivity contribution is 0.283. The van der Waals surface area contributed by atoms with Crippen molar-refractivity contribution in [2.24, 2.45) is 12.8 Å². The van der Waals surface area contributed by atoms with Crippen LogP contribution in [-0.4, -0.2) is 40.9 Å². The quantitative estimate of drug-likeness (QED) is 0.377. The van der Waals surface area contributed by atoms with Gasteiger partial charge in [-0.25, -0.2) is 0 Å². The second-order valence-corrected chi connectivity index (χ2v) is 4.53. The smallest absolute Gasteiger partial charge is 0.137 e. The molecule has 0 saturated carbocycles. The maximum atomic E-state index is 8.74. The third kappa shape index (κ3) is 3.22. The number of unbranched alkanes of at least 4 members (excludes halogenated alkanes) is 2. The van der Waals surface area contributed by atoms with Crippen molar-refractivity contribution >= 4 is 11.7 Å². The average molecular weight is 253 g/mol. The molecule has 0 amide bonds. The van der Waals surface area contributed by atoms with Gasteiger partial charge in [0, 0.05) is 27.2 Å². The van der Waals surface area contributed by atoms with Crippen molar-refractivity contribution in [2.45, 2.75) is 26.2 Å². The number of nitrogens with two attached hydrogens (primary N) is 1. The number of hydrogen-bond acceptors (Lipinski definition) is 4. The van der Waals surface area contributed by atoms with Crippen LogP contribution in [0.5, 0.6) is 0 Å². The summed E-state index contributed by atoms with van der Waals surface area (Å²) >= 11 is 0. The molecule has 18 heavy (non-hydrogen) atoms. The molecule has 1 aromatic rings. The first-order chi connectivity index (χ1) is 8.49. The van der Waals surface area contributed by atoms with E-state index in [2.05, 4.69) is 10.00 Å². The Kier molecular flexibility index (Phi) is 5.15. The molecule has 0 saturated heterocycles. The Hall–Kier alpha value is -1.56. The standard InChI is InChI=1S/C12H23N5O/c1-9-10(11(13)14)12(17(3)15-9)16(2)7-5-4-6-8-18/h18H,4-8H2,1-3H3,(H3,13,14). The predicted octanol–water partition coefficient (Wildman–Crippen LogP) is 0.611. The number of nitrogens with zero attached hydrogens (tertiary/aromatic N) is 3. The lowest BCUT2D eigenvalue weighted by Crippen LogP contribution is -2.25. The molecule has 0 radical (unpaired) electrons. The van der Waals surface area contributed by atoms with Crippen LogP contribution in [0.15, 0.2) is 0 Å². The number of aryl methyl sites for hydroxylation is 2. The van der Waals surface area contributed by atoms with Crippen LogP contribution in [-0.2, 0) is 7.05 Å². The molecular weight excluding hydrogens is 230 g/mol. The second kappa shape index (κ2) is 6.39. The topological polar surface area (TPSA) is 91.2 Å². The Morgan fingerprint density at radius 1 is 1.44 bits per heavy atom. The van der Waals surface area contributed by atoms with Crippen molar-refractivity contribution in [3.63, 3.8) is 0 Å². The van der Waals surface area contributed by atoms with Gasteiger partial charge in [-0.3, -0.25) is 10.1 Å². The summed E-state index contributed by atoms with van der Waals surface area (Å²) in [4.78, 5) is 2.06. The van der Waals surface area contributed by atoms with Crippen LogP contribution >= 0.6 is 0 Å². The van der Waals surface area contributed by atoms with Gasteiger partial charge in [0.1, 0.15) is 11.7 Å². The molecule has 0 fully saturated rings. The Morgan fingerprint density at radius 3 is 2.67 bits per heavy atom. The number of aliphatic hydroxyl groups excluding tert-OH is 1. The van der Waals surface area contributed by atoms with Gasteiger partial charge in [0.2, 0.25) is 0 Å².